The van der Waals surface area contributed by atoms with Gasteiger partial charge in [0.05, 0.1) is 11.1 Å². The van der Waals surface area contributed by atoms with Crippen LogP contribution in [0.15, 0.2) is 12.1 Å². The van der Waals surface area contributed by atoms with E-state index in [1.807, 2.05) is 6.92 Å². The highest BCUT2D eigenvalue weighted by molar-refractivity contribution is 5.94. The Balaban J connectivity index is 2.28. The number of anilines is 1. The van der Waals surface area contributed by atoms with Crippen LogP contribution in [0, 0.1) is 41.5 Å². The van der Waals surface area contributed by atoms with Crippen molar-refractivity contribution in [3.63, 3.8) is 0 Å². The number of fused-ring (bicyclic) bond motifs is 1. The maximum absolute atomic E-state index is 9.17. The van der Waals surface area contributed by atoms with Crippen LogP contribution in [0.25, 0.3) is 16.7 Å². The third kappa shape index (κ3) is 3.88. The molecule has 5 heteroatoms. The van der Waals surface area contributed by atoms with Crippen LogP contribution in [0.5, 0.6) is 0 Å². The second-order valence-electron chi connectivity index (χ2n) is 8.10. The molecule has 0 unspecified atom stereocenters. The van der Waals surface area contributed by atoms with Gasteiger partial charge in [0.1, 0.15) is 11.6 Å². The van der Waals surface area contributed by atoms with Crippen molar-refractivity contribution in [2.24, 2.45) is 0 Å². The van der Waals surface area contributed by atoms with Crippen LogP contribution >= 0.6 is 0 Å². The van der Waals surface area contributed by atoms with E-state index in [4.69, 9.17) is 9.97 Å². The molecule has 0 saturated carbocycles. The van der Waals surface area contributed by atoms with Crippen LogP contribution < -0.4 is 4.90 Å². The van der Waals surface area contributed by atoms with Crippen LogP contribution in [0.4, 0.5) is 5.82 Å². The maximum Gasteiger partial charge on any atom is 0.150 e. The van der Waals surface area contributed by atoms with Gasteiger partial charge in [-0.3, -0.25) is 4.57 Å². The molecule has 0 bridgehead atoms. The molecule has 0 aliphatic rings. The molecule has 1 N–H and O–H groups in total. The average molecular weight is 395 g/mol. The number of aromatic nitrogens is 3. The Bertz CT molecular complexity index is 1010. The molecule has 0 saturated heterocycles. The highest BCUT2D eigenvalue weighted by Crippen LogP contribution is 2.35. The molecule has 3 aromatic rings. The third-order valence-corrected chi connectivity index (χ3v) is 5.82. The van der Waals surface area contributed by atoms with Crippen LogP contribution in [-0.4, -0.2) is 39.3 Å². The minimum atomic E-state index is 0.232. The van der Waals surface area contributed by atoms with Crippen molar-refractivity contribution >= 4 is 16.9 Å². The predicted molar refractivity (Wildman–Crippen MR) is 121 cm³/mol. The first-order valence-electron chi connectivity index (χ1n) is 10.6. The number of hydrogen-bond donors (Lipinski definition) is 1. The lowest BCUT2D eigenvalue weighted by molar-refractivity contribution is 0.285. The largest absolute Gasteiger partial charge is 0.396 e. The van der Waals surface area contributed by atoms with E-state index in [0.717, 1.165) is 48.6 Å². The van der Waals surface area contributed by atoms with Crippen LogP contribution in [0.1, 0.15) is 53.5 Å². The molecule has 1 aromatic carbocycles. The Morgan fingerprint density at radius 3 is 2.21 bits per heavy atom. The monoisotopic (exact) mass is 394 g/mol. The zero-order valence-corrected chi connectivity index (χ0v) is 18.9. The van der Waals surface area contributed by atoms with E-state index in [1.165, 1.54) is 33.6 Å². The molecule has 29 heavy (non-hydrogen) atoms. The average Bonchev–Trinajstić information content (AvgIpc) is 2.89. The first-order chi connectivity index (χ1) is 13.8. The number of unbranched alkanes of at least 4 members (excludes halogenated alkanes) is 1. The number of aliphatic hydroxyl groups excluding tert-OH is 1. The third-order valence-electron chi connectivity index (χ3n) is 5.82. The van der Waals surface area contributed by atoms with E-state index < -0.39 is 0 Å². The molecular weight excluding hydrogens is 360 g/mol. The first kappa shape index (κ1) is 21.3. The molecule has 3 rings (SSSR count). The fourth-order valence-corrected chi connectivity index (χ4v) is 4.40. The van der Waals surface area contributed by atoms with Gasteiger partial charge in [-0.1, -0.05) is 17.7 Å². The Kier molecular flexibility index (Phi) is 6.27. The number of hydrogen-bond acceptors (Lipinski definition) is 4. The summed E-state index contributed by atoms with van der Waals surface area (Å²) in [5.41, 5.74) is 8.45. The van der Waals surface area contributed by atoms with Gasteiger partial charge in [0.15, 0.2) is 5.65 Å². The van der Waals surface area contributed by atoms with E-state index in [0.29, 0.717) is 0 Å². The standard InChI is InChI=1S/C24H34N4O/c1-8-27(11-9-10-12-29)23-21-18(5)19(6)28(24(21)26-20(7)25-23)22-16(3)13-15(2)14-17(22)4/h13-14,29H,8-12H2,1-7H3. The van der Waals surface area contributed by atoms with Gasteiger partial charge < -0.3 is 10.0 Å². The Morgan fingerprint density at radius 2 is 1.62 bits per heavy atom. The molecule has 5 nitrogen and oxygen atoms in total. The Hall–Kier alpha value is -2.40. The molecule has 0 aliphatic carbocycles. The molecule has 2 heterocycles. The first-order valence-corrected chi connectivity index (χ1v) is 10.6. The van der Waals surface area contributed by atoms with E-state index in [2.05, 4.69) is 63.1 Å². The van der Waals surface area contributed by atoms with E-state index in [9.17, 15) is 5.11 Å². The molecule has 0 amide bonds. The molecule has 0 fully saturated rings. The molecule has 0 radical (unpaired) electrons. The highest BCUT2D eigenvalue weighted by Gasteiger charge is 2.22. The number of aryl methyl sites for hydroxylation is 5. The zero-order valence-electron chi connectivity index (χ0n) is 18.9. The van der Waals surface area contributed by atoms with Gasteiger partial charge in [0, 0.05) is 25.4 Å². The molecule has 156 valence electrons. The minimum absolute atomic E-state index is 0.232. The smallest absolute Gasteiger partial charge is 0.150 e. The van der Waals surface area contributed by atoms with Crippen LogP contribution in [-0.2, 0) is 0 Å². The summed E-state index contributed by atoms with van der Waals surface area (Å²) in [4.78, 5) is 12.1. The van der Waals surface area contributed by atoms with E-state index in [1.54, 1.807) is 0 Å². The summed E-state index contributed by atoms with van der Waals surface area (Å²) in [6.07, 6.45) is 1.76. The summed E-state index contributed by atoms with van der Waals surface area (Å²) in [5, 5.41) is 10.3. The summed E-state index contributed by atoms with van der Waals surface area (Å²) >= 11 is 0. The van der Waals surface area contributed by atoms with Crippen molar-refractivity contribution in [1.29, 1.82) is 0 Å². The van der Waals surface area contributed by atoms with Gasteiger partial charge in [-0.05, 0) is 78.0 Å². The fraction of sp³-hybridized carbons (Fsp3) is 0.500. The highest BCUT2D eigenvalue weighted by atomic mass is 16.2. The van der Waals surface area contributed by atoms with Gasteiger partial charge in [0.25, 0.3) is 0 Å². The summed E-state index contributed by atoms with van der Waals surface area (Å²) in [7, 11) is 0. The summed E-state index contributed by atoms with van der Waals surface area (Å²) in [6, 6.07) is 4.48. The summed E-state index contributed by atoms with van der Waals surface area (Å²) in [6.45, 7) is 17.0. The normalized spacial score (nSPS) is 11.4. The van der Waals surface area contributed by atoms with E-state index in [-0.39, 0.29) is 6.61 Å². The van der Waals surface area contributed by atoms with Crippen molar-refractivity contribution < 1.29 is 5.11 Å². The SMILES string of the molecule is CCN(CCCCO)c1nc(C)nc2c1c(C)c(C)n2-c1c(C)cc(C)cc1C. The number of nitrogens with zero attached hydrogens (tertiary/aromatic N) is 4. The zero-order chi connectivity index (χ0) is 21.3. The van der Waals surface area contributed by atoms with Gasteiger partial charge in [-0.2, -0.15) is 0 Å². The fourth-order valence-electron chi connectivity index (χ4n) is 4.40. The Labute approximate surface area is 174 Å². The van der Waals surface area contributed by atoms with E-state index >= 15 is 0 Å². The second kappa shape index (κ2) is 8.54. The quantitative estimate of drug-likeness (QED) is 0.581. The number of benzene rings is 1. The Morgan fingerprint density at radius 1 is 0.966 bits per heavy atom. The van der Waals surface area contributed by atoms with Crippen molar-refractivity contribution in [1.82, 2.24) is 14.5 Å². The summed E-state index contributed by atoms with van der Waals surface area (Å²) < 4.78 is 2.31. The second-order valence-corrected chi connectivity index (χ2v) is 8.10. The number of aliphatic hydroxyl groups is 1. The number of rotatable bonds is 7. The van der Waals surface area contributed by atoms with Gasteiger partial charge >= 0.3 is 0 Å². The van der Waals surface area contributed by atoms with Crippen molar-refractivity contribution in [2.75, 3.05) is 24.6 Å². The van der Waals surface area contributed by atoms with Crippen LogP contribution in [0.3, 0.4) is 0 Å². The molecule has 2 aromatic heterocycles. The van der Waals surface area contributed by atoms with Crippen molar-refractivity contribution in [2.45, 2.75) is 61.3 Å². The summed E-state index contributed by atoms with van der Waals surface area (Å²) in [5.74, 6) is 1.80. The lowest BCUT2D eigenvalue weighted by Gasteiger charge is -2.23. The van der Waals surface area contributed by atoms with Gasteiger partial charge in [-0.15, -0.1) is 0 Å². The molecular formula is C24H34N4O. The lowest BCUT2D eigenvalue weighted by atomic mass is 10.0. The maximum atomic E-state index is 9.17. The topological polar surface area (TPSA) is 54.2 Å². The lowest BCUT2D eigenvalue weighted by Crippen LogP contribution is -2.26. The van der Waals surface area contributed by atoms with Gasteiger partial charge in [0.2, 0.25) is 0 Å². The van der Waals surface area contributed by atoms with Gasteiger partial charge in [-0.25, -0.2) is 9.97 Å². The predicted octanol–water partition coefficient (Wildman–Crippen LogP) is 4.87. The molecule has 0 spiro atoms. The van der Waals surface area contributed by atoms with Crippen LogP contribution in [0.2, 0.25) is 0 Å². The minimum Gasteiger partial charge on any atom is -0.396 e. The van der Waals surface area contributed by atoms with Crippen molar-refractivity contribution in [3.8, 4) is 5.69 Å². The van der Waals surface area contributed by atoms with Crippen molar-refractivity contribution in [3.05, 3.63) is 45.9 Å². The molecule has 0 aliphatic heterocycles. The molecule has 0 atom stereocenters.